The van der Waals surface area contributed by atoms with Gasteiger partial charge in [-0.25, -0.2) is 4.79 Å². The predicted octanol–water partition coefficient (Wildman–Crippen LogP) is 2.38. The Labute approximate surface area is 156 Å². The molecule has 0 atom stereocenters. The van der Waals surface area contributed by atoms with E-state index in [0.717, 1.165) is 11.3 Å². The molecule has 0 bridgehead atoms. The minimum atomic E-state index is -0.552. The second-order valence-electron chi connectivity index (χ2n) is 6.18. The molecule has 0 aromatic heterocycles. The van der Waals surface area contributed by atoms with Gasteiger partial charge in [0.05, 0.1) is 0 Å². The van der Waals surface area contributed by atoms with Crippen LogP contribution in [0.1, 0.15) is 26.3 Å². The monoisotopic (exact) mass is 378 g/mol. The van der Waals surface area contributed by atoms with Gasteiger partial charge in [-0.2, -0.15) is 23.8 Å². The molecule has 0 saturated carbocycles. The maximum Gasteiger partial charge on any atom is 0.410 e. The smallest absolute Gasteiger partial charge is 0.410 e. The molecular weight excluding hydrogens is 357 g/mol. The van der Waals surface area contributed by atoms with Gasteiger partial charge in [-0.15, -0.1) is 6.07 Å². The van der Waals surface area contributed by atoms with Crippen LogP contribution >= 0.6 is 0 Å². The summed E-state index contributed by atoms with van der Waals surface area (Å²) < 4.78 is 5.29. The van der Waals surface area contributed by atoms with Crippen molar-refractivity contribution in [3.8, 4) is 0 Å². The zero-order valence-corrected chi connectivity index (χ0v) is 16.4. The third-order valence-electron chi connectivity index (χ3n) is 3.14. The number of piperazine rings is 1. The van der Waals surface area contributed by atoms with Crippen LogP contribution in [0.5, 0.6) is 0 Å². The van der Waals surface area contributed by atoms with Gasteiger partial charge in [0.2, 0.25) is 5.91 Å². The number of anilines is 1. The van der Waals surface area contributed by atoms with E-state index in [1.54, 1.807) is 11.0 Å². The maximum atomic E-state index is 12.2. The van der Waals surface area contributed by atoms with E-state index in [0.29, 0.717) is 13.1 Å². The average molecular weight is 378 g/mol. The van der Waals surface area contributed by atoms with Crippen LogP contribution in [0.4, 0.5) is 10.5 Å². The van der Waals surface area contributed by atoms with Gasteiger partial charge in [0.1, 0.15) is 12.1 Å². The van der Waals surface area contributed by atoms with Gasteiger partial charge in [0.15, 0.2) is 0 Å². The fraction of sp³-hybridized carbons (Fsp3) is 0.500. The zero-order valence-electron chi connectivity index (χ0n) is 13.5. The number of carbonyl (C=O) groups excluding carboxylic acids is 2. The Hall–Kier alpha value is -0.936. The summed E-state index contributed by atoms with van der Waals surface area (Å²) in [7, 11) is 0. The Morgan fingerprint density at radius 2 is 1.95 bits per heavy atom. The number of aryl methyl sites for hydroxylation is 1. The van der Waals surface area contributed by atoms with E-state index in [-0.39, 0.29) is 45.2 Å². The van der Waals surface area contributed by atoms with Crippen LogP contribution in [0, 0.1) is 13.0 Å². The van der Waals surface area contributed by atoms with Crippen molar-refractivity contribution in [1.82, 2.24) is 4.90 Å². The molecule has 1 fully saturated rings. The molecule has 22 heavy (non-hydrogen) atoms. The van der Waals surface area contributed by atoms with E-state index >= 15 is 0 Å². The zero-order chi connectivity index (χ0) is 15.6. The maximum absolute atomic E-state index is 12.2. The quantitative estimate of drug-likeness (QED) is 0.706. The summed E-state index contributed by atoms with van der Waals surface area (Å²) >= 11 is 0. The second-order valence-corrected chi connectivity index (χ2v) is 6.18. The van der Waals surface area contributed by atoms with E-state index in [1.807, 2.05) is 39.8 Å². The van der Waals surface area contributed by atoms with E-state index in [9.17, 15) is 9.59 Å². The molecule has 2 amide bonds. The minimum absolute atomic E-state index is 0. The molecular formula is C16H21N2O3Y-. The first-order chi connectivity index (χ1) is 9.76. The van der Waals surface area contributed by atoms with Crippen LogP contribution in [-0.4, -0.2) is 42.1 Å². The van der Waals surface area contributed by atoms with Gasteiger partial charge < -0.3 is 9.64 Å². The van der Waals surface area contributed by atoms with Crippen LogP contribution in [0.3, 0.4) is 0 Å². The SMILES string of the molecule is Cc1[c-]cc(N2CCN(C(=O)OC(C)(C)C)CC2=O)cc1.[Y]. The Morgan fingerprint density at radius 3 is 2.45 bits per heavy atom. The summed E-state index contributed by atoms with van der Waals surface area (Å²) in [5, 5.41) is 0. The molecule has 117 valence electrons. The summed E-state index contributed by atoms with van der Waals surface area (Å²) in [6, 6.07) is 8.70. The van der Waals surface area contributed by atoms with Gasteiger partial charge in [-0.05, 0) is 20.8 Å². The van der Waals surface area contributed by atoms with Crippen molar-refractivity contribution in [3.63, 3.8) is 0 Å². The third kappa shape index (κ3) is 5.06. The third-order valence-corrected chi connectivity index (χ3v) is 3.14. The summed E-state index contributed by atoms with van der Waals surface area (Å²) in [4.78, 5) is 27.3. The van der Waals surface area contributed by atoms with E-state index in [2.05, 4.69) is 6.07 Å². The summed E-state index contributed by atoms with van der Waals surface area (Å²) in [5.74, 6) is -0.107. The van der Waals surface area contributed by atoms with Crippen LogP contribution in [-0.2, 0) is 42.2 Å². The first kappa shape index (κ1) is 19.1. The van der Waals surface area contributed by atoms with Crippen LogP contribution in [0.15, 0.2) is 18.2 Å². The van der Waals surface area contributed by atoms with Crippen molar-refractivity contribution in [2.75, 3.05) is 24.5 Å². The second kappa shape index (κ2) is 7.56. The van der Waals surface area contributed by atoms with Gasteiger partial charge in [-0.3, -0.25) is 9.69 Å². The van der Waals surface area contributed by atoms with Gasteiger partial charge in [0, 0.05) is 45.8 Å². The molecule has 6 heteroatoms. The fourth-order valence-corrected chi connectivity index (χ4v) is 2.09. The van der Waals surface area contributed by atoms with Crippen molar-refractivity contribution < 1.29 is 47.0 Å². The summed E-state index contributed by atoms with van der Waals surface area (Å²) in [5.41, 5.74) is 1.29. The molecule has 0 unspecified atom stereocenters. The molecule has 0 aliphatic carbocycles. The molecule has 1 saturated heterocycles. The number of nitrogens with zero attached hydrogens (tertiary/aromatic N) is 2. The van der Waals surface area contributed by atoms with Crippen molar-refractivity contribution in [2.24, 2.45) is 0 Å². The van der Waals surface area contributed by atoms with E-state index in [4.69, 9.17) is 4.74 Å². The molecule has 2 rings (SSSR count). The molecule has 0 N–H and O–H groups in total. The average Bonchev–Trinajstić information content (AvgIpc) is 2.38. The first-order valence-electron chi connectivity index (χ1n) is 7.03. The number of ether oxygens (including phenoxy) is 1. The van der Waals surface area contributed by atoms with E-state index < -0.39 is 11.7 Å². The number of hydrogen-bond acceptors (Lipinski definition) is 3. The molecule has 5 nitrogen and oxygen atoms in total. The first-order valence-corrected chi connectivity index (χ1v) is 7.03. The van der Waals surface area contributed by atoms with Crippen molar-refractivity contribution in [2.45, 2.75) is 33.3 Å². The Kier molecular flexibility index (Phi) is 6.56. The van der Waals surface area contributed by atoms with Gasteiger partial charge >= 0.3 is 6.09 Å². The molecule has 1 aromatic carbocycles. The van der Waals surface area contributed by atoms with Crippen LogP contribution in [0.25, 0.3) is 0 Å². The Balaban J connectivity index is 0.00000242. The number of hydrogen-bond donors (Lipinski definition) is 0. The largest absolute Gasteiger partial charge is 0.444 e. The predicted molar refractivity (Wildman–Crippen MR) is 80.2 cm³/mol. The molecule has 1 aliphatic rings. The molecule has 1 aliphatic heterocycles. The number of amides is 2. The summed E-state index contributed by atoms with van der Waals surface area (Å²) in [6.07, 6.45) is -0.439. The molecule has 0 spiro atoms. The van der Waals surface area contributed by atoms with Crippen molar-refractivity contribution in [3.05, 3.63) is 29.8 Å². The molecule has 1 heterocycles. The van der Waals surface area contributed by atoms with Gasteiger partial charge in [-0.1, -0.05) is 12.6 Å². The topological polar surface area (TPSA) is 49.9 Å². The molecule has 1 radical (unpaired) electrons. The van der Waals surface area contributed by atoms with Crippen LogP contribution in [0.2, 0.25) is 0 Å². The number of rotatable bonds is 1. The normalized spacial score (nSPS) is 15.4. The van der Waals surface area contributed by atoms with Gasteiger partial charge in [0.25, 0.3) is 0 Å². The van der Waals surface area contributed by atoms with Crippen molar-refractivity contribution in [1.29, 1.82) is 0 Å². The fourth-order valence-electron chi connectivity index (χ4n) is 2.09. The number of benzene rings is 1. The number of carbonyl (C=O) groups is 2. The Morgan fingerprint density at radius 1 is 1.27 bits per heavy atom. The molecule has 1 aromatic rings. The minimum Gasteiger partial charge on any atom is -0.444 e. The van der Waals surface area contributed by atoms with Crippen LogP contribution < -0.4 is 4.90 Å². The summed E-state index contributed by atoms with van der Waals surface area (Å²) in [6.45, 7) is 8.36. The van der Waals surface area contributed by atoms with E-state index in [1.165, 1.54) is 4.90 Å². The van der Waals surface area contributed by atoms with Crippen molar-refractivity contribution >= 4 is 17.7 Å². The standard InChI is InChI=1S/C16H21N2O3.Y/c1-12-5-7-13(8-6-12)18-10-9-17(11-14(18)19)15(20)21-16(2,3)4;/h5,7-8H,9-11H2,1-4H3;/q-1;. The Bertz CT molecular complexity index is 537.